The van der Waals surface area contributed by atoms with Crippen LogP contribution in [0.1, 0.15) is 27.2 Å². The molecule has 9 nitrogen and oxygen atoms in total. The molecule has 1 saturated heterocycles. The number of thiophene rings is 1. The Morgan fingerprint density at radius 2 is 1.66 bits per heavy atom. The van der Waals surface area contributed by atoms with Gasteiger partial charge in [-0.25, -0.2) is 0 Å². The first-order valence-corrected chi connectivity index (χ1v) is 13.0. The van der Waals surface area contributed by atoms with Crippen LogP contribution in [0, 0.1) is 11.3 Å². The molecule has 1 aliphatic rings. The second-order valence-corrected chi connectivity index (χ2v) is 10.3. The molecule has 0 radical (unpaired) electrons. The van der Waals surface area contributed by atoms with E-state index in [1.807, 2.05) is 18.2 Å². The molecule has 1 aromatic heterocycles. The number of hydrogen-bond donors (Lipinski definition) is 3. The number of amides is 3. The molecule has 2 heterocycles. The smallest absolute Gasteiger partial charge is 0.393 e. The zero-order valence-electron chi connectivity index (χ0n) is 21.5. The van der Waals surface area contributed by atoms with Gasteiger partial charge in [0.15, 0.2) is 0 Å². The monoisotopic (exact) mass is 609 g/mol. The van der Waals surface area contributed by atoms with Gasteiger partial charge in [0.1, 0.15) is 29.9 Å². The fraction of sp³-hybridized carbons (Fsp3) is 0.259. The maximum atomic E-state index is 13.5. The van der Waals surface area contributed by atoms with Crippen LogP contribution in [0.4, 0.5) is 13.2 Å². The maximum Gasteiger partial charge on any atom is 0.393 e. The summed E-state index contributed by atoms with van der Waals surface area (Å²) in [5.74, 6) is -3.46. The van der Waals surface area contributed by atoms with Crippen LogP contribution in [0.25, 0.3) is 0 Å². The lowest BCUT2D eigenvalue weighted by atomic mass is 10.1. The van der Waals surface area contributed by atoms with Gasteiger partial charge in [0.05, 0.1) is 12.5 Å². The van der Waals surface area contributed by atoms with E-state index in [0.717, 1.165) is 4.90 Å². The SMILES string of the molecule is Cl.N=C(N)c1csc(CN(CC(=O)N2C[C@H](C(F)(F)F)C[C@@H]2C(N)=O)C(=O)c2ccc(Oc3ccccc3)cc2)c1. The van der Waals surface area contributed by atoms with E-state index in [2.05, 4.69) is 0 Å². The molecule has 2 atom stereocenters. The van der Waals surface area contributed by atoms with Crippen molar-refractivity contribution < 1.29 is 32.3 Å². The van der Waals surface area contributed by atoms with Gasteiger partial charge < -0.3 is 26.0 Å². The van der Waals surface area contributed by atoms with Gasteiger partial charge in [-0.15, -0.1) is 23.7 Å². The van der Waals surface area contributed by atoms with Crippen LogP contribution >= 0.6 is 23.7 Å². The summed E-state index contributed by atoms with van der Waals surface area (Å²) in [6.45, 7) is -1.40. The molecular weight excluding hydrogens is 583 g/mol. The number of carbonyl (C=O) groups is 3. The van der Waals surface area contributed by atoms with Gasteiger partial charge in [-0.1, -0.05) is 18.2 Å². The summed E-state index contributed by atoms with van der Waals surface area (Å²) < 4.78 is 45.9. The Hall–Kier alpha value is -4.10. The predicted octanol–water partition coefficient (Wildman–Crippen LogP) is 4.15. The van der Waals surface area contributed by atoms with Crippen LogP contribution in [-0.2, 0) is 16.1 Å². The topological polar surface area (TPSA) is 143 Å². The van der Waals surface area contributed by atoms with E-state index in [0.29, 0.717) is 21.9 Å². The summed E-state index contributed by atoms with van der Waals surface area (Å²) in [5, 5.41) is 9.22. The second-order valence-electron chi connectivity index (χ2n) is 9.25. The minimum Gasteiger partial charge on any atom is -0.457 e. The van der Waals surface area contributed by atoms with E-state index in [9.17, 15) is 27.6 Å². The molecule has 0 spiro atoms. The molecule has 4 rings (SSSR count). The highest BCUT2D eigenvalue weighted by atomic mass is 35.5. The molecule has 218 valence electrons. The Bertz CT molecular complexity index is 1400. The fourth-order valence-corrected chi connectivity index (χ4v) is 5.24. The third-order valence-electron chi connectivity index (χ3n) is 6.42. The summed E-state index contributed by atoms with van der Waals surface area (Å²) in [7, 11) is 0. The van der Waals surface area contributed by atoms with Crippen molar-refractivity contribution in [3.05, 3.63) is 82.0 Å². The van der Waals surface area contributed by atoms with Crippen LogP contribution in [0.5, 0.6) is 11.5 Å². The molecule has 2 aromatic carbocycles. The van der Waals surface area contributed by atoms with Gasteiger partial charge in [-0.3, -0.25) is 19.8 Å². The molecule has 0 bridgehead atoms. The lowest BCUT2D eigenvalue weighted by molar-refractivity contribution is -0.171. The van der Waals surface area contributed by atoms with Crippen molar-refractivity contribution in [2.24, 2.45) is 17.4 Å². The summed E-state index contributed by atoms with van der Waals surface area (Å²) in [4.78, 5) is 41.2. The molecule has 3 aromatic rings. The lowest BCUT2D eigenvalue weighted by Gasteiger charge is -2.27. The largest absolute Gasteiger partial charge is 0.457 e. The zero-order valence-corrected chi connectivity index (χ0v) is 23.1. The molecular formula is C27H27ClF3N5O4S. The van der Waals surface area contributed by atoms with Gasteiger partial charge in [0.25, 0.3) is 5.91 Å². The number of amidine groups is 1. The number of primary amides is 1. The van der Waals surface area contributed by atoms with Crippen LogP contribution in [0.2, 0.25) is 0 Å². The third kappa shape index (κ3) is 7.76. The number of alkyl halides is 3. The third-order valence-corrected chi connectivity index (χ3v) is 7.34. The summed E-state index contributed by atoms with van der Waals surface area (Å²) in [6.07, 6.45) is -5.24. The van der Waals surface area contributed by atoms with Crippen molar-refractivity contribution in [3.8, 4) is 11.5 Å². The number of rotatable bonds is 9. The number of likely N-dealkylation sites (tertiary alicyclic amines) is 1. The first-order chi connectivity index (χ1) is 18.9. The molecule has 3 amide bonds. The summed E-state index contributed by atoms with van der Waals surface area (Å²) in [6, 6.07) is 15.3. The van der Waals surface area contributed by atoms with Gasteiger partial charge >= 0.3 is 6.18 Å². The molecule has 41 heavy (non-hydrogen) atoms. The number of para-hydroxylation sites is 1. The molecule has 0 saturated carbocycles. The number of nitrogen functional groups attached to an aromatic ring is 1. The first-order valence-electron chi connectivity index (χ1n) is 12.1. The van der Waals surface area contributed by atoms with Gasteiger partial charge in [-0.05, 0) is 48.9 Å². The highest BCUT2D eigenvalue weighted by Gasteiger charge is 2.50. The molecule has 1 fully saturated rings. The standard InChI is InChI=1S/C27H26F3N5O4S.ClH/c28-27(29,30)18-11-22(25(33)37)35(12-18)23(36)14-34(13-21-10-17(15-40-21)24(31)32)26(38)16-6-8-20(9-7-16)39-19-4-2-1-3-5-19;/h1-10,15,18,22H,11-14H2,(H3,31,32)(H2,33,37);1H/t18-,22-;/m1./s1. The Kier molecular flexibility index (Phi) is 10.00. The van der Waals surface area contributed by atoms with E-state index in [1.54, 1.807) is 35.7 Å². The number of halogens is 4. The van der Waals surface area contributed by atoms with Gasteiger partial charge in [0, 0.05) is 27.9 Å². The fourth-order valence-electron chi connectivity index (χ4n) is 4.34. The summed E-state index contributed by atoms with van der Waals surface area (Å²) >= 11 is 1.21. The number of nitrogens with one attached hydrogen (secondary N) is 1. The van der Waals surface area contributed by atoms with Gasteiger partial charge in [0.2, 0.25) is 11.8 Å². The van der Waals surface area contributed by atoms with Crippen molar-refractivity contribution in [1.82, 2.24) is 9.80 Å². The molecule has 5 N–H and O–H groups in total. The summed E-state index contributed by atoms with van der Waals surface area (Å²) in [5.41, 5.74) is 11.5. The Labute approximate surface area is 243 Å². The molecule has 0 aliphatic carbocycles. The average Bonchev–Trinajstić information content (AvgIpc) is 3.57. The predicted molar refractivity (Wildman–Crippen MR) is 149 cm³/mol. The van der Waals surface area contributed by atoms with Crippen molar-refractivity contribution in [1.29, 1.82) is 5.41 Å². The van der Waals surface area contributed by atoms with E-state index < -0.39 is 55.4 Å². The van der Waals surface area contributed by atoms with Gasteiger partial charge in [-0.2, -0.15) is 13.2 Å². The van der Waals surface area contributed by atoms with Crippen LogP contribution < -0.4 is 16.2 Å². The lowest BCUT2D eigenvalue weighted by Crippen LogP contribution is -2.48. The molecule has 1 aliphatic heterocycles. The number of benzene rings is 2. The Morgan fingerprint density at radius 1 is 1.02 bits per heavy atom. The van der Waals surface area contributed by atoms with E-state index in [4.69, 9.17) is 21.6 Å². The number of carbonyl (C=O) groups excluding carboxylic acids is 3. The van der Waals surface area contributed by atoms with E-state index >= 15 is 0 Å². The minimum atomic E-state index is -4.61. The van der Waals surface area contributed by atoms with Crippen molar-refractivity contribution in [2.75, 3.05) is 13.1 Å². The minimum absolute atomic E-state index is 0. The van der Waals surface area contributed by atoms with Crippen molar-refractivity contribution in [3.63, 3.8) is 0 Å². The number of nitrogens with zero attached hydrogens (tertiary/aromatic N) is 2. The highest BCUT2D eigenvalue weighted by Crippen LogP contribution is 2.36. The van der Waals surface area contributed by atoms with Crippen molar-refractivity contribution in [2.45, 2.75) is 25.2 Å². The van der Waals surface area contributed by atoms with E-state index in [-0.39, 0.29) is 30.4 Å². The second kappa shape index (κ2) is 13.0. The highest BCUT2D eigenvalue weighted by molar-refractivity contribution is 7.10. The first kappa shape index (κ1) is 31.4. The molecule has 14 heteroatoms. The zero-order chi connectivity index (χ0) is 29.0. The van der Waals surface area contributed by atoms with Crippen LogP contribution in [-0.4, -0.2) is 58.7 Å². The van der Waals surface area contributed by atoms with Crippen LogP contribution in [0.15, 0.2) is 66.0 Å². The number of nitrogens with two attached hydrogens (primary N) is 2. The Balaban J connectivity index is 0.00000462. The molecule has 0 unspecified atom stereocenters. The maximum absolute atomic E-state index is 13.5. The average molecular weight is 610 g/mol. The van der Waals surface area contributed by atoms with E-state index in [1.165, 1.54) is 28.4 Å². The van der Waals surface area contributed by atoms with Crippen LogP contribution in [0.3, 0.4) is 0 Å². The quantitative estimate of drug-likeness (QED) is 0.247. The normalized spacial score (nSPS) is 16.5. The number of hydrogen-bond acceptors (Lipinski definition) is 6. The van der Waals surface area contributed by atoms with Crippen molar-refractivity contribution >= 4 is 47.3 Å². The number of ether oxygens (including phenoxy) is 1. The Morgan fingerprint density at radius 3 is 2.22 bits per heavy atom.